The van der Waals surface area contributed by atoms with E-state index in [-0.39, 0.29) is 11.6 Å². The van der Waals surface area contributed by atoms with Gasteiger partial charge in [0.1, 0.15) is 18.2 Å². The van der Waals surface area contributed by atoms with E-state index in [9.17, 15) is 4.39 Å². The Labute approximate surface area is 125 Å². The van der Waals surface area contributed by atoms with Crippen LogP contribution in [0.15, 0.2) is 36.4 Å². The zero-order valence-electron chi connectivity index (χ0n) is 10.4. The Hall–Kier alpha value is -1.06. The van der Waals surface area contributed by atoms with Crippen molar-refractivity contribution >= 4 is 27.5 Å². The lowest BCUT2D eigenvalue weighted by Crippen LogP contribution is -2.01. The lowest BCUT2D eigenvalue weighted by Gasteiger charge is -2.13. The topological polar surface area (TPSA) is 9.23 Å². The van der Waals surface area contributed by atoms with Crippen molar-refractivity contribution in [3.63, 3.8) is 0 Å². The standard InChI is InChI=1S/C15H13BrClFO/c1-10-4-2-5-11(8-16)15(10)19-9-12-6-3-7-13(18)14(12)17/h2-7H,8-9H2,1H3. The van der Waals surface area contributed by atoms with Crippen molar-refractivity contribution in [3.8, 4) is 5.75 Å². The van der Waals surface area contributed by atoms with Gasteiger partial charge in [-0.25, -0.2) is 4.39 Å². The summed E-state index contributed by atoms with van der Waals surface area (Å²) in [7, 11) is 0. The third kappa shape index (κ3) is 3.28. The molecule has 0 amide bonds. The summed E-state index contributed by atoms with van der Waals surface area (Å²) < 4.78 is 19.1. The lowest BCUT2D eigenvalue weighted by atomic mass is 10.1. The minimum atomic E-state index is -0.423. The zero-order chi connectivity index (χ0) is 13.8. The van der Waals surface area contributed by atoms with E-state index in [0.29, 0.717) is 10.9 Å². The smallest absolute Gasteiger partial charge is 0.142 e. The fourth-order valence-electron chi connectivity index (χ4n) is 1.83. The van der Waals surface area contributed by atoms with Crippen LogP contribution in [0.5, 0.6) is 5.75 Å². The maximum Gasteiger partial charge on any atom is 0.142 e. The highest BCUT2D eigenvalue weighted by Gasteiger charge is 2.09. The first-order valence-electron chi connectivity index (χ1n) is 5.83. The van der Waals surface area contributed by atoms with E-state index < -0.39 is 5.82 Å². The van der Waals surface area contributed by atoms with E-state index in [1.54, 1.807) is 12.1 Å². The van der Waals surface area contributed by atoms with Gasteiger partial charge >= 0.3 is 0 Å². The second-order valence-corrected chi connectivity index (χ2v) is 5.14. The predicted molar refractivity (Wildman–Crippen MR) is 79.6 cm³/mol. The molecule has 0 atom stereocenters. The van der Waals surface area contributed by atoms with E-state index >= 15 is 0 Å². The van der Waals surface area contributed by atoms with Crippen molar-refractivity contribution in [2.24, 2.45) is 0 Å². The van der Waals surface area contributed by atoms with Crippen molar-refractivity contribution in [2.45, 2.75) is 18.9 Å². The molecule has 0 fully saturated rings. The highest BCUT2D eigenvalue weighted by Crippen LogP contribution is 2.28. The number of alkyl halides is 1. The maximum absolute atomic E-state index is 13.3. The lowest BCUT2D eigenvalue weighted by molar-refractivity contribution is 0.301. The summed E-state index contributed by atoms with van der Waals surface area (Å²) in [5.41, 5.74) is 2.75. The summed E-state index contributed by atoms with van der Waals surface area (Å²) in [6.45, 7) is 2.23. The highest BCUT2D eigenvalue weighted by molar-refractivity contribution is 9.08. The molecular formula is C15H13BrClFO. The molecule has 2 rings (SSSR count). The molecule has 0 unspecified atom stereocenters. The fourth-order valence-corrected chi connectivity index (χ4v) is 2.46. The van der Waals surface area contributed by atoms with Gasteiger partial charge in [0.25, 0.3) is 0 Å². The average Bonchev–Trinajstić information content (AvgIpc) is 2.41. The Balaban J connectivity index is 2.21. The molecule has 2 aromatic carbocycles. The first-order chi connectivity index (χ1) is 9.13. The van der Waals surface area contributed by atoms with Crippen molar-refractivity contribution in [3.05, 3.63) is 63.9 Å². The quantitative estimate of drug-likeness (QED) is 0.688. The van der Waals surface area contributed by atoms with Gasteiger partial charge in [-0.2, -0.15) is 0 Å². The van der Waals surface area contributed by atoms with Crippen molar-refractivity contribution in [1.82, 2.24) is 0 Å². The van der Waals surface area contributed by atoms with Crippen LogP contribution in [0.4, 0.5) is 4.39 Å². The highest BCUT2D eigenvalue weighted by atomic mass is 79.9. The van der Waals surface area contributed by atoms with Crippen LogP contribution in [-0.2, 0) is 11.9 Å². The Kier molecular flexibility index (Phi) is 4.83. The zero-order valence-corrected chi connectivity index (χ0v) is 12.8. The number of halogens is 3. The van der Waals surface area contributed by atoms with Gasteiger partial charge in [0.15, 0.2) is 0 Å². The molecule has 4 heteroatoms. The molecule has 0 heterocycles. The number of ether oxygens (including phenoxy) is 1. The summed E-state index contributed by atoms with van der Waals surface area (Å²) in [5, 5.41) is 0.831. The molecule has 100 valence electrons. The van der Waals surface area contributed by atoms with Crippen LogP contribution in [0.1, 0.15) is 16.7 Å². The van der Waals surface area contributed by atoms with Crippen molar-refractivity contribution in [1.29, 1.82) is 0 Å². The van der Waals surface area contributed by atoms with Crippen LogP contribution in [0.25, 0.3) is 0 Å². The molecule has 0 radical (unpaired) electrons. The summed E-state index contributed by atoms with van der Waals surface area (Å²) in [6, 6.07) is 10.7. The van der Waals surface area contributed by atoms with Gasteiger partial charge in [0, 0.05) is 16.5 Å². The minimum Gasteiger partial charge on any atom is -0.488 e. The Bertz CT molecular complexity index is 586. The van der Waals surface area contributed by atoms with E-state index in [2.05, 4.69) is 15.9 Å². The predicted octanol–water partition coefficient (Wildman–Crippen LogP) is 5.26. The number of para-hydroxylation sites is 1. The molecule has 2 aromatic rings. The first-order valence-corrected chi connectivity index (χ1v) is 7.33. The SMILES string of the molecule is Cc1cccc(CBr)c1OCc1cccc(F)c1Cl. The molecule has 0 saturated carbocycles. The molecule has 0 saturated heterocycles. The van der Waals surface area contributed by atoms with Crippen LogP contribution >= 0.6 is 27.5 Å². The molecule has 0 aliphatic carbocycles. The number of rotatable bonds is 4. The van der Waals surface area contributed by atoms with Crippen LogP contribution in [0.2, 0.25) is 5.02 Å². The average molecular weight is 344 g/mol. The minimum absolute atomic E-state index is 0.122. The second kappa shape index (κ2) is 6.40. The molecule has 0 aliphatic rings. The van der Waals surface area contributed by atoms with Crippen molar-refractivity contribution in [2.75, 3.05) is 0 Å². The van der Waals surface area contributed by atoms with Gasteiger partial charge in [-0.15, -0.1) is 0 Å². The van der Waals surface area contributed by atoms with E-state index in [1.165, 1.54) is 6.07 Å². The number of hydrogen-bond acceptors (Lipinski definition) is 1. The second-order valence-electron chi connectivity index (χ2n) is 4.20. The normalized spacial score (nSPS) is 10.5. The monoisotopic (exact) mass is 342 g/mol. The van der Waals surface area contributed by atoms with Crippen molar-refractivity contribution < 1.29 is 9.13 Å². The summed E-state index contributed by atoms with van der Waals surface area (Å²) >= 11 is 9.34. The summed E-state index contributed by atoms with van der Waals surface area (Å²) in [4.78, 5) is 0. The van der Waals surface area contributed by atoms with E-state index in [1.807, 2.05) is 25.1 Å². The molecule has 0 aromatic heterocycles. The van der Waals surface area contributed by atoms with E-state index in [4.69, 9.17) is 16.3 Å². The molecule has 0 bridgehead atoms. The van der Waals surface area contributed by atoms with E-state index in [0.717, 1.165) is 16.9 Å². The number of hydrogen-bond donors (Lipinski definition) is 0. The van der Waals surface area contributed by atoms with Crippen LogP contribution in [-0.4, -0.2) is 0 Å². The van der Waals surface area contributed by atoms with Gasteiger partial charge in [0.05, 0.1) is 5.02 Å². The fraction of sp³-hybridized carbons (Fsp3) is 0.200. The summed E-state index contributed by atoms with van der Waals surface area (Å²) in [6.07, 6.45) is 0. The van der Waals surface area contributed by atoms with Gasteiger partial charge in [-0.1, -0.05) is 57.9 Å². The molecule has 1 nitrogen and oxygen atoms in total. The van der Waals surface area contributed by atoms with Gasteiger partial charge in [0.2, 0.25) is 0 Å². The summed E-state index contributed by atoms with van der Waals surface area (Å²) in [5.74, 6) is 0.396. The van der Waals surface area contributed by atoms with Crippen LogP contribution in [0.3, 0.4) is 0 Å². The third-order valence-electron chi connectivity index (χ3n) is 2.84. The molecule has 0 spiro atoms. The number of aryl methyl sites for hydroxylation is 1. The largest absolute Gasteiger partial charge is 0.488 e. The molecule has 0 N–H and O–H groups in total. The van der Waals surface area contributed by atoms with Gasteiger partial charge in [-0.05, 0) is 18.6 Å². The number of benzene rings is 2. The molecular weight excluding hydrogens is 331 g/mol. The van der Waals surface area contributed by atoms with Gasteiger partial charge in [-0.3, -0.25) is 0 Å². The third-order valence-corrected chi connectivity index (χ3v) is 3.87. The van der Waals surface area contributed by atoms with Crippen LogP contribution in [0, 0.1) is 12.7 Å². The Morgan fingerprint density at radius 3 is 2.58 bits per heavy atom. The van der Waals surface area contributed by atoms with Crippen LogP contribution < -0.4 is 4.74 Å². The molecule has 19 heavy (non-hydrogen) atoms. The van der Waals surface area contributed by atoms with Gasteiger partial charge < -0.3 is 4.74 Å². The Morgan fingerprint density at radius 1 is 1.16 bits per heavy atom. The Morgan fingerprint density at radius 2 is 1.84 bits per heavy atom. The maximum atomic E-state index is 13.3. The molecule has 0 aliphatic heterocycles. The first kappa shape index (κ1) is 14.4.